The number of hydrogen-bond donors (Lipinski definition) is 2. The van der Waals surface area contributed by atoms with Crippen LogP contribution in [0.25, 0.3) is 0 Å². The van der Waals surface area contributed by atoms with Crippen molar-refractivity contribution in [3.63, 3.8) is 0 Å². The highest BCUT2D eigenvalue weighted by atomic mass is 16.5. The second-order valence-corrected chi connectivity index (χ2v) is 4.64. The molecule has 2 N–H and O–H groups in total. The first-order chi connectivity index (χ1) is 11.1. The van der Waals surface area contributed by atoms with Crippen LogP contribution >= 0.6 is 0 Å². The summed E-state index contributed by atoms with van der Waals surface area (Å²) in [5.74, 6) is -0.154. The smallest absolute Gasteiger partial charge is 0.338 e. The minimum atomic E-state index is -1.14. The highest BCUT2D eigenvalue weighted by molar-refractivity contribution is 5.95. The number of carboxylic acid groups (broad SMARTS) is 1. The molecule has 0 aliphatic rings. The van der Waals surface area contributed by atoms with E-state index in [4.69, 9.17) is 19.0 Å². The first kappa shape index (κ1) is 16.4. The summed E-state index contributed by atoms with van der Waals surface area (Å²) in [6.07, 6.45) is 1.63. The van der Waals surface area contributed by atoms with Crippen LogP contribution in [-0.2, 0) is 0 Å². The third kappa shape index (κ3) is 4.77. The van der Waals surface area contributed by atoms with Gasteiger partial charge in [0.25, 0.3) is 5.91 Å². The predicted octanol–water partition coefficient (Wildman–Crippen LogP) is 2.19. The molecule has 7 heteroatoms. The van der Waals surface area contributed by atoms with Gasteiger partial charge in [-0.05, 0) is 30.7 Å². The summed E-state index contributed by atoms with van der Waals surface area (Å²) in [7, 11) is 1.59. The number of nitrogens with one attached hydrogen (secondary N) is 1. The second kappa shape index (κ2) is 7.88. The molecular weight excluding hydrogens is 302 g/mol. The van der Waals surface area contributed by atoms with Crippen molar-refractivity contribution in [1.29, 1.82) is 0 Å². The van der Waals surface area contributed by atoms with Gasteiger partial charge in [0.2, 0.25) is 0 Å². The molecule has 0 bridgehead atoms. The molecule has 1 aromatic carbocycles. The topological polar surface area (TPSA) is 98.0 Å². The van der Waals surface area contributed by atoms with Crippen molar-refractivity contribution in [3.8, 4) is 11.5 Å². The fourth-order valence-electron chi connectivity index (χ4n) is 1.79. The Kier molecular flexibility index (Phi) is 5.62. The zero-order chi connectivity index (χ0) is 16.7. The maximum Gasteiger partial charge on any atom is 0.338 e. The Morgan fingerprint density at radius 1 is 1.22 bits per heavy atom. The van der Waals surface area contributed by atoms with Crippen LogP contribution in [0.1, 0.15) is 27.3 Å². The summed E-state index contributed by atoms with van der Waals surface area (Å²) in [5.41, 5.74) is -0.0574. The molecule has 7 nitrogen and oxygen atoms in total. The molecule has 122 valence electrons. The number of aromatic carboxylic acids is 1. The van der Waals surface area contributed by atoms with Gasteiger partial charge in [0.05, 0.1) is 19.3 Å². The zero-order valence-corrected chi connectivity index (χ0v) is 12.6. The molecule has 2 aromatic rings. The van der Waals surface area contributed by atoms with Crippen molar-refractivity contribution in [2.24, 2.45) is 0 Å². The second-order valence-electron chi connectivity index (χ2n) is 4.64. The Labute approximate surface area is 132 Å². The average molecular weight is 319 g/mol. The molecular formula is C16H17NO6. The minimum absolute atomic E-state index is 0.0292. The lowest BCUT2D eigenvalue weighted by Gasteiger charge is -2.07. The van der Waals surface area contributed by atoms with Crippen molar-refractivity contribution < 1.29 is 28.6 Å². The molecule has 0 aliphatic heterocycles. The van der Waals surface area contributed by atoms with Gasteiger partial charge in [0, 0.05) is 12.6 Å². The van der Waals surface area contributed by atoms with E-state index in [0.717, 1.165) is 12.0 Å². The predicted molar refractivity (Wildman–Crippen MR) is 81.1 cm³/mol. The SMILES string of the molecule is COc1ccc(OCCCNC(=O)c2cc(C(=O)O)co2)cc1. The van der Waals surface area contributed by atoms with E-state index in [0.29, 0.717) is 25.3 Å². The summed E-state index contributed by atoms with van der Waals surface area (Å²) in [6.45, 7) is 0.823. The van der Waals surface area contributed by atoms with Gasteiger partial charge in [0.15, 0.2) is 5.76 Å². The van der Waals surface area contributed by atoms with Gasteiger partial charge >= 0.3 is 5.97 Å². The fraction of sp³-hybridized carbons (Fsp3) is 0.250. The van der Waals surface area contributed by atoms with Crippen LogP contribution in [0.4, 0.5) is 0 Å². The van der Waals surface area contributed by atoms with Gasteiger partial charge in [-0.1, -0.05) is 0 Å². The summed E-state index contributed by atoms with van der Waals surface area (Å²) in [6, 6.07) is 8.38. The molecule has 23 heavy (non-hydrogen) atoms. The standard InChI is InChI=1S/C16H17NO6/c1-21-12-3-5-13(6-4-12)22-8-2-7-17-15(18)14-9-11(10-23-14)16(19)20/h3-6,9-10H,2,7-8H2,1H3,(H,17,18)(H,19,20). The van der Waals surface area contributed by atoms with Gasteiger partial charge in [0.1, 0.15) is 17.8 Å². The first-order valence-corrected chi connectivity index (χ1v) is 6.97. The molecule has 1 aromatic heterocycles. The third-order valence-electron chi connectivity index (χ3n) is 3.01. The molecule has 0 saturated heterocycles. The van der Waals surface area contributed by atoms with Gasteiger partial charge in [-0.3, -0.25) is 4.79 Å². The van der Waals surface area contributed by atoms with Gasteiger partial charge in [-0.15, -0.1) is 0 Å². The number of carboxylic acids is 1. The summed E-state index contributed by atoms with van der Waals surface area (Å²) >= 11 is 0. The van der Waals surface area contributed by atoms with Crippen LogP contribution in [0.3, 0.4) is 0 Å². The summed E-state index contributed by atoms with van der Waals surface area (Å²) in [5, 5.41) is 11.4. The lowest BCUT2D eigenvalue weighted by molar-refractivity contribution is 0.0695. The largest absolute Gasteiger partial charge is 0.497 e. The van der Waals surface area contributed by atoms with Crippen molar-refractivity contribution in [3.05, 3.63) is 47.9 Å². The number of hydrogen-bond acceptors (Lipinski definition) is 5. The average Bonchev–Trinajstić information content (AvgIpc) is 3.05. The Morgan fingerprint density at radius 2 is 1.91 bits per heavy atom. The number of benzene rings is 1. The molecule has 0 saturated carbocycles. The number of ether oxygens (including phenoxy) is 2. The van der Waals surface area contributed by atoms with E-state index in [2.05, 4.69) is 5.32 Å². The number of amides is 1. The van der Waals surface area contributed by atoms with E-state index in [1.807, 2.05) is 0 Å². The molecule has 0 aliphatic carbocycles. The Morgan fingerprint density at radius 3 is 2.52 bits per heavy atom. The van der Waals surface area contributed by atoms with Crippen molar-refractivity contribution in [1.82, 2.24) is 5.32 Å². The van der Waals surface area contributed by atoms with E-state index in [1.165, 1.54) is 6.07 Å². The molecule has 0 spiro atoms. The minimum Gasteiger partial charge on any atom is -0.497 e. The van der Waals surface area contributed by atoms with E-state index < -0.39 is 11.9 Å². The Balaban J connectivity index is 1.68. The van der Waals surface area contributed by atoms with Gasteiger partial charge in [-0.25, -0.2) is 4.79 Å². The lowest BCUT2D eigenvalue weighted by Crippen LogP contribution is -2.25. The number of rotatable bonds is 8. The van der Waals surface area contributed by atoms with Crippen molar-refractivity contribution in [2.75, 3.05) is 20.3 Å². The van der Waals surface area contributed by atoms with Crippen LogP contribution in [0.15, 0.2) is 41.0 Å². The normalized spacial score (nSPS) is 10.1. The molecule has 0 atom stereocenters. The summed E-state index contributed by atoms with van der Waals surface area (Å²) in [4.78, 5) is 22.4. The maximum atomic E-state index is 11.7. The molecule has 1 heterocycles. The molecule has 0 unspecified atom stereocenters. The molecule has 1 amide bonds. The van der Waals surface area contributed by atoms with E-state index in [9.17, 15) is 9.59 Å². The van der Waals surface area contributed by atoms with Gasteiger partial charge < -0.3 is 24.3 Å². The zero-order valence-electron chi connectivity index (χ0n) is 12.6. The van der Waals surface area contributed by atoms with Crippen LogP contribution in [0, 0.1) is 0 Å². The molecule has 2 rings (SSSR count). The summed E-state index contributed by atoms with van der Waals surface area (Å²) < 4.78 is 15.5. The monoisotopic (exact) mass is 319 g/mol. The van der Waals surface area contributed by atoms with Crippen molar-refractivity contribution >= 4 is 11.9 Å². The lowest BCUT2D eigenvalue weighted by atomic mass is 10.3. The first-order valence-electron chi connectivity index (χ1n) is 6.97. The third-order valence-corrected chi connectivity index (χ3v) is 3.01. The number of carbonyl (C=O) groups excluding carboxylic acids is 1. The van der Waals surface area contributed by atoms with Crippen LogP contribution in [0.2, 0.25) is 0 Å². The number of carbonyl (C=O) groups is 2. The number of methoxy groups -OCH3 is 1. The quantitative estimate of drug-likeness (QED) is 0.724. The van der Waals surface area contributed by atoms with Crippen LogP contribution < -0.4 is 14.8 Å². The van der Waals surface area contributed by atoms with E-state index in [-0.39, 0.29) is 11.3 Å². The van der Waals surface area contributed by atoms with Crippen LogP contribution in [0.5, 0.6) is 11.5 Å². The van der Waals surface area contributed by atoms with Crippen LogP contribution in [-0.4, -0.2) is 37.2 Å². The highest BCUT2D eigenvalue weighted by Crippen LogP contribution is 2.16. The fourth-order valence-corrected chi connectivity index (χ4v) is 1.79. The Hall–Kier alpha value is -2.96. The molecule has 0 radical (unpaired) electrons. The molecule has 0 fully saturated rings. The Bertz CT molecular complexity index is 661. The van der Waals surface area contributed by atoms with E-state index in [1.54, 1.807) is 31.4 Å². The maximum absolute atomic E-state index is 11.7. The number of furan rings is 1. The van der Waals surface area contributed by atoms with Gasteiger partial charge in [-0.2, -0.15) is 0 Å². The van der Waals surface area contributed by atoms with E-state index >= 15 is 0 Å². The highest BCUT2D eigenvalue weighted by Gasteiger charge is 2.13. The van der Waals surface area contributed by atoms with Crippen molar-refractivity contribution in [2.45, 2.75) is 6.42 Å².